The normalized spacial score (nSPS) is 38.0. The van der Waals surface area contributed by atoms with E-state index in [0.29, 0.717) is 30.6 Å². The summed E-state index contributed by atoms with van der Waals surface area (Å²) < 4.78 is 0. The molecular formula is C27H44O4. The molecule has 176 valence electrons. The molecule has 0 saturated heterocycles. The highest BCUT2D eigenvalue weighted by molar-refractivity contribution is 5.38. The molecule has 0 spiro atoms. The molecule has 3 fully saturated rings. The number of allylic oxidation sites excluding steroid dienone is 3. The molecule has 0 bridgehead atoms. The van der Waals surface area contributed by atoms with Crippen molar-refractivity contribution in [3.05, 3.63) is 35.5 Å². The van der Waals surface area contributed by atoms with Crippen LogP contribution in [0.25, 0.3) is 0 Å². The van der Waals surface area contributed by atoms with Crippen molar-refractivity contribution >= 4 is 0 Å². The first kappa shape index (κ1) is 24.7. The molecule has 4 nitrogen and oxygen atoms in total. The minimum absolute atomic E-state index is 0.0284. The van der Waals surface area contributed by atoms with Crippen LogP contribution in [-0.4, -0.2) is 44.8 Å². The lowest BCUT2D eigenvalue weighted by molar-refractivity contribution is 0.00550. The first-order valence-corrected chi connectivity index (χ1v) is 12.4. The van der Waals surface area contributed by atoms with Crippen LogP contribution in [0.15, 0.2) is 35.5 Å². The third-order valence-electron chi connectivity index (χ3n) is 8.45. The summed E-state index contributed by atoms with van der Waals surface area (Å²) in [5, 5.41) is 40.8. The molecular weight excluding hydrogens is 388 g/mol. The van der Waals surface area contributed by atoms with Crippen LogP contribution in [0.1, 0.15) is 85.0 Å². The van der Waals surface area contributed by atoms with Crippen LogP contribution < -0.4 is 0 Å². The van der Waals surface area contributed by atoms with Crippen molar-refractivity contribution in [2.24, 2.45) is 23.2 Å². The van der Waals surface area contributed by atoms with Crippen LogP contribution >= 0.6 is 0 Å². The van der Waals surface area contributed by atoms with E-state index in [2.05, 4.69) is 25.7 Å². The average molecular weight is 433 g/mol. The molecule has 0 unspecified atom stereocenters. The van der Waals surface area contributed by atoms with Crippen molar-refractivity contribution in [2.75, 3.05) is 6.61 Å². The Morgan fingerprint density at radius 2 is 1.97 bits per heavy atom. The monoisotopic (exact) mass is 432 g/mol. The quantitative estimate of drug-likeness (QED) is 0.471. The topological polar surface area (TPSA) is 80.9 Å². The summed E-state index contributed by atoms with van der Waals surface area (Å²) >= 11 is 0. The smallest absolute Gasteiger partial charge is 0.0811 e. The van der Waals surface area contributed by atoms with Gasteiger partial charge in [-0.1, -0.05) is 44.1 Å². The van der Waals surface area contributed by atoms with E-state index in [1.165, 1.54) is 5.57 Å². The average Bonchev–Trinajstić information content (AvgIpc) is 3.09. The molecule has 0 aromatic carbocycles. The molecule has 0 aromatic heterocycles. The van der Waals surface area contributed by atoms with Gasteiger partial charge in [-0.3, -0.25) is 0 Å². The van der Waals surface area contributed by atoms with Gasteiger partial charge in [-0.25, -0.2) is 0 Å². The maximum absolute atomic E-state index is 10.6. The Labute approximate surface area is 188 Å². The maximum Gasteiger partial charge on any atom is 0.0811 e. The van der Waals surface area contributed by atoms with Crippen molar-refractivity contribution in [1.82, 2.24) is 0 Å². The third-order valence-corrected chi connectivity index (χ3v) is 8.45. The van der Waals surface area contributed by atoms with Crippen molar-refractivity contribution in [3.8, 4) is 0 Å². The number of aliphatic hydroxyl groups excluding tert-OH is 3. The summed E-state index contributed by atoms with van der Waals surface area (Å²) in [6, 6.07) is 0. The first-order chi connectivity index (χ1) is 14.6. The summed E-state index contributed by atoms with van der Waals surface area (Å²) in [5.74, 6) is 1.48. The van der Waals surface area contributed by atoms with E-state index in [1.807, 2.05) is 13.8 Å². The van der Waals surface area contributed by atoms with E-state index < -0.39 is 17.8 Å². The van der Waals surface area contributed by atoms with Crippen LogP contribution in [0.2, 0.25) is 0 Å². The van der Waals surface area contributed by atoms with Crippen molar-refractivity contribution < 1.29 is 20.4 Å². The summed E-state index contributed by atoms with van der Waals surface area (Å²) in [6.45, 7) is 10.4. The minimum Gasteiger partial charge on any atom is -0.396 e. The molecule has 4 heteroatoms. The molecule has 3 saturated carbocycles. The zero-order valence-electron chi connectivity index (χ0n) is 19.8. The van der Waals surface area contributed by atoms with Gasteiger partial charge >= 0.3 is 0 Å². The second kappa shape index (κ2) is 9.91. The molecule has 6 atom stereocenters. The summed E-state index contributed by atoms with van der Waals surface area (Å²) in [4.78, 5) is 0. The van der Waals surface area contributed by atoms with Gasteiger partial charge in [-0.2, -0.15) is 0 Å². The first-order valence-electron chi connectivity index (χ1n) is 12.4. The highest BCUT2D eigenvalue weighted by Crippen LogP contribution is 2.60. The van der Waals surface area contributed by atoms with Gasteiger partial charge in [-0.15, -0.1) is 0 Å². The van der Waals surface area contributed by atoms with E-state index in [4.69, 9.17) is 0 Å². The largest absolute Gasteiger partial charge is 0.396 e. The number of hydrogen-bond donors (Lipinski definition) is 4. The van der Waals surface area contributed by atoms with E-state index in [9.17, 15) is 20.4 Å². The third kappa shape index (κ3) is 5.52. The summed E-state index contributed by atoms with van der Waals surface area (Å²) in [6.07, 6.45) is 12.5. The molecule has 4 N–H and O–H groups in total. The lowest BCUT2D eigenvalue weighted by Gasteiger charge is -2.46. The molecule has 3 rings (SSSR count). The van der Waals surface area contributed by atoms with Gasteiger partial charge < -0.3 is 20.4 Å². The number of hydrogen-bond acceptors (Lipinski definition) is 4. The van der Waals surface area contributed by atoms with Crippen LogP contribution in [0.3, 0.4) is 0 Å². The van der Waals surface area contributed by atoms with Gasteiger partial charge in [0.2, 0.25) is 0 Å². The van der Waals surface area contributed by atoms with Gasteiger partial charge in [0.1, 0.15) is 0 Å². The SMILES string of the molecule is C=C1/C(=C\C=C2/CCC[C@]3(CO)[C@@H]([C@H](C)CCCC(C)(C)O)CC[C@@H]23)C[C@@H](O)C[C@@H]1O. The molecule has 0 aromatic rings. The highest BCUT2D eigenvalue weighted by Gasteiger charge is 2.53. The minimum atomic E-state index is -0.656. The van der Waals surface area contributed by atoms with Gasteiger partial charge in [0.25, 0.3) is 0 Å². The lowest BCUT2D eigenvalue weighted by Crippen LogP contribution is -2.41. The van der Waals surface area contributed by atoms with Crippen LogP contribution in [0.5, 0.6) is 0 Å². The second-order valence-electron chi connectivity index (χ2n) is 11.2. The van der Waals surface area contributed by atoms with Gasteiger partial charge in [-0.05, 0) is 87.7 Å². The highest BCUT2D eigenvalue weighted by atomic mass is 16.3. The molecule has 3 aliphatic carbocycles. The molecule has 31 heavy (non-hydrogen) atoms. The van der Waals surface area contributed by atoms with Crippen molar-refractivity contribution in [2.45, 2.75) is 103 Å². The summed E-state index contributed by atoms with van der Waals surface area (Å²) in [7, 11) is 0. The fourth-order valence-corrected chi connectivity index (χ4v) is 6.77. The molecule has 3 aliphatic rings. The fraction of sp³-hybridized carbons (Fsp3) is 0.778. The second-order valence-corrected chi connectivity index (χ2v) is 11.2. The molecule has 0 heterocycles. The summed E-state index contributed by atoms with van der Waals surface area (Å²) in [5.41, 5.74) is 2.47. The molecule has 0 amide bonds. The van der Waals surface area contributed by atoms with Crippen LogP contribution in [0.4, 0.5) is 0 Å². The van der Waals surface area contributed by atoms with Crippen molar-refractivity contribution in [1.29, 1.82) is 0 Å². The van der Waals surface area contributed by atoms with Gasteiger partial charge in [0.05, 0.1) is 17.8 Å². The van der Waals surface area contributed by atoms with E-state index in [0.717, 1.165) is 62.5 Å². The number of fused-ring (bicyclic) bond motifs is 1. The van der Waals surface area contributed by atoms with Crippen molar-refractivity contribution in [3.63, 3.8) is 0 Å². The fourth-order valence-electron chi connectivity index (χ4n) is 6.77. The Kier molecular flexibility index (Phi) is 7.89. The Hall–Kier alpha value is -0.940. The number of rotatable bonds is 7. The van der Waals surface area contributed by atoms with Crippen LogP contribution in [0, 0.1) is 23.2 Å². The Balaban J connectivity index is 1.75. The predicted octanol–water partition coefficient (Wildman–Crippen LogP) is 4.68. The zero-order valence-corrected chi connectivity index (χ0v) is 19.8. The van der Waals surface area contributed by atoms with E-state index >= 15 is 0 Å². The van der Waals surface area contributed by atoms with Gasteiger partial charge in [0.15, 0.2) is 0 Å². The van der Waals surface area contributed by atoms with Gasteiger partial charge in [0, 0.05) is 18.4 Å². The lowest BCUT2D eigenvalue weighted by atomic mass is 9.60. The Morgan fingerprint density at radius 1 is 1.23 bits per heavy atom. The Bertz CT molecular complexity index is 701. The zero-order chi connectivity index (χ0) is 22.8. The van der Waals surface area contributed by atoms with E-state index in [-0.39, 0.29) is 12.0 Å². The molecule has 0 aliphatic heterocycles. The Morgan fingerprint density at radius 3 is 2.65 bits per heavy atom. The standard InChI is InChI=1S/C27H44O4/c1-18(7-5-13-26(3,4)31)23-11-12-24-20(8-6-14-27(23,24)17-28)9-10-21-15-22(29)16-25(30)19(21)2/h9-10,18,22-25,28-31H,2,5-8,11-17H2,1,3-4H3/b20-9+,21-10-/t18-,22-,23-,24+,25+,27+/m1/s1. The van der Waals surface area contributed by atoms with Crippen LogP contribution in [-0.2, 0) is 0 Å². The molecule has 0 radical (unpaired) electrons. The van der Waals surface area contributed by atoms with E-state index in [1.54, 1.807) is 0 Å². The maximum atomic E-state index is 10.6. The predicted molar refractivity (Wildman–Crippen MR) is 125 cm³/mol. The number of aliphatic hydroxyl groups is 4.